The maximum absolute atomic E-state index is 4.49. The van der Waals surface area contributed by atoms with Crippen LogP contribution in [0.4, 0.5) is 0 Å². The summed E-state index contributed by atoms with van der Waals surface area (Å²) in [5.74, 6) is 0.705. The summed E-state index contributed by atoms with van der Waals surface area (Å²) >= 11 is 0. The van der Waals surface area contributed by atoms with Gasteiger partial charge in [-0.25, -0.2) is 0 Å². The van der Waals surface area contributed by atoms with Crippen molar-refractivity contribution in [1.29, 1.82) is 0 Å². The molecule has 0 aliphatic carbocycles. The number of hydrogen-bond acceptors (Lipinski definition) is 3. The maximum Gasteiger partial charge on any atom is 0.118 e. The molecule has 0 bridgehead atoms. The summed E-state index contributed by atoms with van der Waals surface area (Å²) in [5, 5.41) is 6.74. The molecule has 1 unspecified atom stereocenters. The predicted octanol–water partition coefficient (Wildman–Crippen LogP) is 2.74. The van der Waals surface area contributed by atoms with Gasteiger partial charge in [-0.3, -0.25) is 5.01 Å². The van der Waals surface area contributed by atoms with E-state index < -0.39 is 0 Å². The van der Waals surface area contributed by atoms with E-state index in [2.05, 4.69) is 42.7 Å². The molecule has 0 aromatic rings. The van der Waals surface area contributed by atoms with E-state index in [1.54, 1.807) is 0 Å². The Bertz CT molecular complexity index is 201. The highest BCUT2D eigenvalue weighted by molar-refractivity contribution is 5.57. The van der Waals surface area contributed by atoms with Crippen LogP contribution in [-0.2, 0) is 0 Å². The van der Waals surface area contributed by atoms with E-state index in [4.69, 9.17) is 0 Å². The number of rotatable bonds is 6. The Kier molecular flexibility index (Phi) is 4.92. The highest BCUT2D eigenvalue weighted by atomic mass is 15.6. The van der Waals surface area contributed by atoms with Gasteiger partial charge in [0, 0.05) is 13.1 Å². The van der Waals surface area contributed by atoms with E-state index in [9.17, 15) is 0 Å². The second-order valence-corrected chi connectivity index (χ2v) is 4.73. The Hall–Kier alpha value is -0.730. The largest absolute Gasteiger partial charge is 0.339 e. The first-order chi connectivity index (χ1) is 7.19. The molecule has 0 aromatic heterocycles. The molecule has 3 heteroatoms. The van der Waals surface area contributed by atoms with Gasteiger partial charge in [-0.1, -0.05) is 34.1 Å². The first-order valence-corrected chi connectivity index (χ1v) is 6.25. The zero-order valence-corrected chi connectivity index (χ0v) is 10.6. The van der Waals surface area contributed by atoms with Crippen molar-refractivity contribution in [2.75, 3.05) is 13.1 Å². The summed E-state index contributed by atoms with van der Waals surface area (Å²) in [5.41, 5.74) is 0. The molecule has 0 aromatic carbocycles. The van der Waals surface area contributed by atoms with Crippen LogP contribution in [0.2, 0.25) is 0 Å². The molecule has 1 aliphatic heterocycles. The molecular formula is C12H25N3. The van der Waals surface area contributed by atoms with Crippen LogP contribution in [0.3, 0.4) is 0 Å². The standard InChI is InChI=1S/C12H25N3/c1-5-7-8-15-12(6-2)14(10-13-15)9-11(3)4/h10-12H,5-9H2,1-4H3. The molecular weight excluding hydrogens is 186 g/mol. The monoisotopic (exact) mass is 211 g/mol. The van der Waals surface area contributed by atoms with E-state index >= 15 is 0 Å². The number of hydrogen-bond donors (Lipinski definition) is 0. The second kappa shape index (κ2) is 5.99. The minimum Gasteiger partial charge on any atom is -0.339 e. The summed E-state index contributed by atoms with van der Waals surface area (Å²) in [6, 6.07) is 0. The van der Waals surface area contributed by atoms with E-state index in [1.165, 1.54) is 12.8 Å². The van der Waals surface area contributed by atoms with Crippen LogP contribution >= 0.6 is 0 Å². The molecule has 0 radical (unpaired) electrons. The Morgan fingerprint density at radius 1 is 1.33 bits per heavy atom. The van der Waals surface area contributed by atoms with E-state index in [0.29, 0.717) is 12.1 Å². The van der Waals surface area contributed by atoms with Crippen LogP contribution in [0.5, 0.6) is 0 Å². The van der Waals surface area contributed by atoms with Crippen LogP contribution in [0, 0.1) is 5.92 Å². The third-order valence-corrected chi connectivity index (χ3v) is 2.76. The van der Waals surface area contributed by atoms with Crippen molar-refractivity contribution in [1.82, 2.24) is 9.91 Å². The fourth-order valence-electron chi connectivity index (χ4n) is 2.02. The Labute approximate surface area is 94.1 Å². The minimum absolute atomic E-state index is 0.499. The van der Waals surface area contributed by atoms with E-state index in [-0.39, 0.29) is 0 Å². The fraction of sp³-hybridized carbons (Fsp3) is 0.917. The van der Waals surface area contributed by atoms with Crippen molar-refractivity contribution in [2.24, 2.45) is 11.0 Å². The van der Waals surface area contributed by atoms with Crippen molar-refractivity contribution in [2.45, 2.75) is 53.1 Å². The molecule has 0 spiro atoms. The quantitative estimate of drug-likeness (QED) is 0.672. The van der Waals surface area contributed by atoms with Gasteiger partial charge >= 0.3 is 0 Å². The number of nitrogens with zero attached hydrogens (tertiary/aromatic N) is 3. The average Bonchev–Trinajstić information content (AvgIpc) is 2.56. The number of unbranched alkanes of at least 4 members (excludes halogenated alkanes) is 1. The molecule has 0 N–H and O–H groups in total. The van der Waals surface area contributed by atoms with Gasteiger partial charge in [0.25, 0.3) is 0 Å². The van der Waals surface area contributed by atoms with Crippen molar-refractivity contribution >= 4 is 6.34 Å². The van der Waals surface area contributed by atoms with Crippen molar-refractivity contribution < 1.29 is 0 Å². The van der Waals surface area contributed by atoms with Gasteiger partial charge in [-0.05, 0) is 18.8 Å². The number of hydrazone groups is 1. The van der Waals surface area contributed by atoms with E-state index in [1.807, 2.05) is 6.34 Å². The lowest BCUT2D eigenvalue weighted by Gasteiger charge is -2.30. The van der Waals surface area contributed by atoms with Crippen molar-refractivity contribution in [3.05, 3.63) is 0 Å². The SMILES string of the molecule is CCCCN1N=CN(CC(C)C)C1CC. The summed E-state index contributed by atoms with van der Waals surface area (Å²) in [4.78, 5) is 2.38. The van der Waals surface area contributed by atoms with Crippen molar-refractivity contribution in [3.8, 4) is 0 Å². The summed E-state index contributed by atoms with van der Waals surface area (Å²) in [6.45, 7) is 11.2. The van der Waals surface area contributed by atoms with Gasteiger partial charge in [-0.2, -0.15) is 5.10 Å². The summed E-state index contributed by atoms with van der Waals surface area (Å²) in [7, 11) is 0. The fourth-order valence-corrected chi connectivity index (χ4v) is 2.02. The Morgan fingerprint density at radius 2 is 2.07 bits per heavy atom. The van der Waals surface area contributed by atoms with Gasteiger partial charge in [0.05, 0.1) is 0 Å². The molecule has 15 heavy (non-hydrogen) atoms. The molecule has 0 amide bonds. The zero-order chi connectivity index (χ0) is 11.3. The van der Waals surface area contributed by atoms with Crippen LogP contribution < -0.4 is 0 Å². The minimum atomic E-state index is 0.499. The smallest absolute Gasteiger partial charge is 0.118 e. The summed E-state index contributed by atoms with van der Waals surface area (Å²) in [6.07, 6.45) is 6.15. The van der Waals surface area contributed by atoms with E-state index in [0.717, 1.165) is 19.5 Å². The Morgan fingerprint density at radius 3 is 2.60 bits per heavy atom. The zero-order valence-electron chi connectivity index (χ0n) is 10.6. The lowest BCUT2D eigenvalue weighted by molar-refractivity contribution is 0.118. The maximum atomic E-state index is 4.49. The molecule has 1 heterocycles. The molecule has 0 saturated carbocycles. The van der Waals surface area contributed by atoms with Gasteiger partial charge in [0.2, 0.25) is 0 Å². The first kappa shape index (κ1) is 12.3. The molecule has 3 nitrogen and oxygen atoms in total. The Balaban J connectivity index is 2.46. The molecule has 88 valence electrons. The van der Waals surface area contributed by atoms with Gasteiger partial charge in [-0.15, -0.1) is 0 Å². The van der Waals surface area contributed by atoms with Crippen LogP contribution in [-0.4, -0.2) is 35.5 Å². The highest BCUT2D eigenvalue weighted by Crippen LogP contribution is 2.17. The molecule has 1 rings (SSSR count). The van der Waals surface area contributed by atoms with Gasteiger partial charge in [0.15, 0.2) is 0 Å². The topological polar surface area (TPSA) is 18.8 Å². The predicted molar refractivity (Wildman–Crippen MR) is 65.7 cm³/mol. The normalized spacial score (nSPS) is 20.7. The average molecular weight is 211 g/mol. The third kappa shape index (κ3) is 3.40. The van der Waals surface area contributed by atoms with Gasteiger partial charge in [0.1, 0.15) is 12.5 Å². The van der Waals surface area contributed by atoms with Crippen LogP contribution in [0.1, 0.15) is 47.0 Å². The van der Waals surface area contributed by atoms with Crippen LogP contribution in [0.15, 0.2) is 5.10 Å². The third-order valence-electron chi connectivity index (χ3n) is 2.76. The van der Waals surface area contributed by atoms with Crippen LogP contribution in [0.25, 0.3) is 0 Å². The first-order valence-electron chi connectivity index (χ1n) is 6.25. The second-order valence-electron chi connectivity index (χ2n) is 4.73. The summed E-state index contributed by atoms with van der Waals surface area (Å²) < 4.78 is 0. The molecule has 0 fully saturated rings. The molecule has 0 saturated heterocycles. The van der Waals surface area contributed by atoms with Gasteiger partial charge < -0.3 is 4.90 Å². The molecule has 1 atom stereocenters. The lowest BCUT2D eigenvalue weighted by Crippen LogP contribution is -2.41. The highest BCUT2D eigenvalue weighted by Gasteiger charge is 2.25. The lowest BCUT2D eigenvalue weighted by atomic mass is 10.2. The van der Waals surface area contributed by atoms with Crippen molar-refractivity contribution in [3.63, 3.8) is 0 Å². The molecule has 1 aliphatic rings.